The Kier molecular flexibility index (Phi) is 2.49. The molecule has 5 aliphatic rings. The van der Waals surface area contributed by atoms with Crippen molar-refractivity contribution in [3.63, 3.8) is 0 Å². The third kappa shape index (κ3) is 1.55. The van der Waals surface area contributed by atoms with Crippen LogP contribution in [0, 0.1) is 5.92 Å². The molecule has 0 spiro atoms. The summed E-state index contributed by atoms with van der Waals surface area (Å²) in [4.78, 5) is 6.08. The number of aliphatic hydroxyl groups is 1. The van der Waals surface area contributed by atoms with Gasteiger partial charge in [0.1, 0.15) is 5.76 Å². The summed E-state index contributed by atoms with van der Waals surface area (Å²) in [5.41, 5.74) is 1.25. The summed E-state index contributed by atoms with van der Waals surface area (Å²) < 4.78 is 0. The van der Waals surface area contributed by atoms with E-state index in [9.17, 15) is 5.11 Å². The monoisotopic (exact) mass is 262 g/mol. The van der Waals surface area contributed by atoms with E-state index in [4.69, 9.17) is 0 Å². The van der Waals surface area contributed by atoms with E-state index in [1.54, 1.807) is 11.8 Å². The van der Waals surface area contributed by atoms with Gasteiger partial charge in [0.15, 0.2) is 0 Å². The standard InChI is InChI=1S/C14H18N2OS/c17-13-3-7-16(11-4-8-18-14(11)13)12-9-15-5-1-10(12)2-6-15/h3-4,7,10,12,17H,1-2,5-6,8-9H2/t12-/m0/s1. The number of rotatable bonds is 1. The molecule has 0 amide bonds. The number of piperidine rings is 3. The van der Waals surface area contributed by atoms with Gasteiger partial charge in [0.05, 0.1) is 10.6 Å². The third-order valence-electron chi connectivity index (χ3n) is 4.62. The molecule has 0 aromatic rings. The number of hydrogen-bond donors (Lipinski definition) is 1. The van der Waals surface area contributed by atoms with Gasteiger partial charge in [-0.2, -0.15) is 0 Å². The first-order chi connectivity index (χ1) is 8.83. The van der Waals surface area contributed by atoms with Crippen LogP contribution in [-0.2, 0) is 0 Å². The molecule has 1 atom stereocenters. The summed E-state index contributed by atoms with van der Waals surface area (Å²) in [5.74, 6) is 2.27. The van der Waals surface area contributed by atoms with Crippen LogP contribution in [-0.4, -0.2) is 46.3 Å². The Hall–Kier alpha value is -0.870. The highest BCUT2D eigenvalue weighted by Crippen LogP contribution is 2.42. The van der Waals surface area contributed by atoms with E-state index >= 15 is 0 Å². The zero-order chi connectivity index (χ0) is 12.1. The summed E-state index contributed by atoms with van der Waals surface area (Å²) in [5, 5.41) is 9.92. The molecular weight excluding hydrogens is 244 g/mol. The number of aliphatic hydroxyl groups excluding tert-OH is 1. The van der Waals surface area contributed by atoms with E-state index in [1.807, 2.05) is 6.08 Å². The van der Waals surface area contributed by atoms with Gasteiger partial charge in [-0.1, -0.05) is 0 Å². The zero-order valence-corrected chi connectivity index (χ0v) is 11.2. The molecule has 3 saturated heterocycles. The topological polar surface area (TPSA) is 26.7 Å². The fourth-order valence-corrected chi connectivity index (χ4v) is 4.60. The molecule has 0 aliphatic carbocycles. The van der Waals surface area contributed by atoms with Gasteiger partial charge in [-0.05, 0) is 44.0 Å². The Morgan fingerprint density at radius 2 is 2.11 bits per heavy atom. The smallest absolute Gasteiger partial charge is 0.132 e. The van der Waals surface area contributed by atoms with Crippen LogP contribution in [0.5, 0.6) is 0 Å². The highest BCUT2D eigenvalue weighted by molar-refractivity contribution is 8.03. The normalized spacial score (nSPS) is 38.1. The molecule has 1 N–H and O–H groups in total. The van der Waals surface area contributed by atoms with Crippen LogP contribution in [0.4, 0.5) is 0 Å². The van der Waals surface area contributed by atoms with Crippen LogP contribution >= 0.6 is 11.8 Å². The van der Waals surface area contributed by atoms with Crippen LogP contribution in [0.3, 0.4) is 0 Å². The lowest BCUT2D eigenvalue weighted by molar-refractivity contribution is 0.0379. The van der Waals surface area contributed by atoms with Crippen LogP contribution < -0.4 is 0 Å². The van der Waals surface area contributed by atoms with Crippen molar-refractivity contribution in [1.29, 1.82) is 0 Å². The molecule has 3 nitrogen and oxygen atoms in total. The molecule has 2 bridgehead atoms. The molecule has 96 valence electrons. The SMILES string of the molecule is OC1=C2SCC=C2N([C@H]2CN3CCC2CC3)C=C1. The number of thioether (sulfide) groups is 1. The molecule has 0 radical (unpaired) electrons. The number of hydrogen-bond acceptors (Lipinski definition) is 4. The fourth-order valence-electron chi connectivity index (χ4n) is 3.64. The van der Waals surface area contributed by atoms with Crippen LogP contribution in [0.15, 0.2) is 34.7 Å². The highest BCUT2D eigenvalue weighted by Gasteiger charge is 2.39. The van der Waals surface area contributed by atoms with Gasteiger partial charge in [-0.3, -0.25) is 0 Å². The fraction of sp³-hybridized carbons (Fsp3) is 0.571. The Bertz CT molecular complexity index is 460. The average Bonchev–Trinajstić information content (AvgIpc) is 2.91. The highest BCUT2D eigenvalue weighted by atomic mass is 32.2. The third-order valence-corrected chi connectivity index (χ3v) is 5.66. The van der Waals surface area contributed by atoms with E-state index in [1.165, 1.54) is 38.2 Å². The van der Waals surface area contributed by atoms with Crippen molar-refractivity contribution in [2.45, 2.75) is 18.9 Å². The zero-order valence-electron chi connectivity index (χ0n) is 10.4. The minimum atomic E-state index is 0.446. The van der Waals surface area contributed by atoms with Gasteiger partial charge in [0.2, 0.25) is 0 Å². The molecule has 0 saturated carbocycles. The predicted molar refractivity (Wildman–Crippen MR) is 74.1 cm³/mol. The van der Waals surface area contributed by atoms with E-state index in [-0.39, 0.29) is 0 Å². The van der Waals surface area contributed by atoms with Crippen molar-refractivity contribution in [3.05, 3.63) is 34.7 Å². The maximum atomic E-state index is 9.92. The quantitative estimate of drug-likeness (QED) is 0.784. The van der Waals surface area contributed by atoms with Crippen LogP contribution in [0.1, 0.15) is 12.8 Å². The van der Waals surface area contributed by atoms with E-state index in [0.717, 1.165) is 16.6 Å². The molecule has 0 aromatic carbocycles. The van der Waals surface area contributed by atoms with Crippen molar-refractivity contribution in [3.8, 4) is 0 Å². The minimum Gasteiger partial charge on any atom is -0.507 e. The molecule has 0 aromatic heterocycles. The Morgan fingerprint density at radius 3 is 2.83 bits per heavy atom. The van der Waals surface area contributed by atoms with E-state index in [2.05, 4.69) is 22.1 Å². The summed E-state index contributed by atoms with van der Waals surface area (Å²) >= 11 is 1.75. The predicted octanol–water partition coefficient (Wildman–Crippen LogP) is 2.31. The minimum absolute atomic E-state index is 0.446. The lowest BCUT2D eigenvalue weighted by atomic mass is 9.83. The maximum absolute atomic E-state index is 9.92. The van der Waals surface area contributed by atoms with Crippen molar-refractivity contribution in [2.75, 3.05) is 25.4 Å². The largest absolute Gasteiger partial charge is 0.507 e. The van der Waals surface area contributed by atoms with Gasteiger partial charge < -0.3 is 14.9 Å². The summed E-state index contributed by atoms with van der Waals surface area (Å²) in [6.07, 6.45) is 8.88. The van der Waals surface area contributed by atoms with Gasteiger partial charge in [-0.25, -0.2) is 0 Å². The van der Waals surface area contributed by atoms with Gasteiger partial charge in [-0.15, -0.1) is 11.8 Å². The number of allylic oxidation sites excluding steroid dienone is 1. The Morgan fingerprint density at radius 1 is 1.28 bits per heavy atom. The van der Waals surface area contributed by atoms with Crippen molar-refractivity contribution < 1.29 is 5.11 Å². The molecule has 0 unspecified atom stereocenters. The first-order valence-electron chi connectivity index (χ1n) is 6.78. The first kappa shape index (κ1) is 11.0. The molecule has 5 rings (SSSR count). The summed E-state index contributed by atoms with van der Waals surface area (Å²) in [7, 11) is 0. The lowest BCUT2D eigenvalue weighted by Crippen LogP contribution is -2.56. The van der Waals surface area contributed by atoms with Crippen LogP contribution in [0.2, 0.25) is 0 Å². The molecule has 3 fully saturated rings. The van der Waals surface area contributed by atoms with Crippen molar-refractivity contribution >= 4 is 11.8 Å². The Labute approximate surface area is 112 Å². The number of fused-ring (bicyclic) bond motifs is 4. The molecule has 18 heavy (non-hydrogen) atoms. The maximum Gasteiger partial charge on any atom is 0.132 e. The number of nitrogens with zero attached hydrogens (tertiary/aromatic N) is 2. The van der Waals surface area contributed by atoms with Crippen LogP contribution in [0.25, 0.3) is 0 Å². The molecular formula is C14H18N2OS. The Balaban J connectivity index is 1.65. The molecule has 4 heteroatoms. The van der Waals surface area contributed by atoms with Crippen molar-refractivity contribution in [2.24, 2.45) is 5.92 Å². The van der Waals surface area contributed by atoms with Crippen molar-refractivity contribution in [1.82, 2.24) is 9.80 Å². The van der Waals surface area contributed by atoms with Gasteiger partial charge in [0.25, 0.3) is 0 Å². The average molecular weight is 262 g/mol. The van der Waals surface area contributed by atoms with E-state index in [0.29, 0.717) is 11.8 Å². The first-order valence-corrected chi connectivity index (χ1v) is 7.77. The lowest BCUT2D eigenvalue weighted by Gasteiger charge is -2.49. The molecule has 5 heterocycles. The second-order valence-corrected chi connectivity index (χ2v) is 6.57. The second-order valence-electron chi connectivity index (χ2n) is 5.54. The van der Waals surface area contributed by atoms with Gasteiger partial charge >= 0.3 is 0 Å². The second kappa shape index (κ2) is 4.07. The molecule has 5 aliphatic heterocycles. The van der Waals surface area contributed by atoms with Gasteiger partial charge in [0, 0.05) is 24.5 Å². The summed E-state index contributed by atoms with van der Waals surface area (Å²) in [6, 6.07) is 0.608. The van der Waals surface area contributed by atoms with E-state index < -0.39 is 0 Å². The summed E-state index contributed by atoms with van der Waals surface area (Å²) in [6.45, 7) is 3.74.